The third-order valence-electron chi connectivity index (χ3n) is 4.38. The van der Waals surface area contributed by atoms with Crippen LogP contribution in [-0.4, -0.2) is 29.1 Å². The van der Waals surface area contributed by atoms with Crippen LogP contribution in [0.25, 0.3) is 11.3 Å². The Labute approximate surface area is 163 Å². The summed E-state index contributed by atoms with van der Waals surface area (Å²) in [4.78, 5) is 24.3. The summed E-state index contributed by atoms with van der Waals surface area (Å²) < 4.78 is 5.13. The first-order chi connectivity index (χ1) is 13.6. The molecular formula is C21H22N4O3. The summed E-state index contributed by atoms with van der Waals surface area (Å²) in [5.41, 5.74) is 7.64. The van der Waals surface area contributed by atoms with Gasteiger partial charge in [-0.3, -0.25) is 25.5 Å². The topological polar surface area (TPSA) is 96.1 Å². The van der Waals surface area contributed by atoms with E-state index >= 15 is 0 Å². The largest absolute Gasteiger partial charge is 0.497 e. The van der Waals surface area contributed by atoms with Crippen LogP contribution in [0.2, 0.25) is 0 Å². The van der Waals surface area contributed by atoms with Crippen LogP contribution in [0.5, 0.6) is 5.75 Å². The molecule has 2 aromatic carbocycles. The number of aromatic amines is 1. The molecule has 0 aliphatic heterocycles. The first-order valence-corrected chi connectivity index (χ1v) is 8.91. The lowest BCUT2D eigenvalue weighted by atomic mass is 9.98. The number of hydrogen-bond acceptors (Lipinski definition) is 4. The summed E-state index contributed by atoms with van der Waals surface area (Å²) in [5, 5.41) is 6.82. The summed E-state index contributed by atoms with van der Waals surface area (Å²) in [5.74, 6) is 0.0594. The first-order valence-electron chi connectivity index (χ1n) is 8.91. The number of methoxy groups -OCH3 is 1. The van der Waals surface area contributed by atoms with Crippen molar-refractivity contribution < 1.29 is 14.3 Å². The molecule has 1 heterocycles. The van der Waals surface area contributed by atoms with Gasteiger partial charge in [-0.2, -0.15) is 5.10 Å². The zero-order chi connectivity index (χ0) is 19.9. The third-order valence-corrected chi connectivity index (χ3v) is 4.38. The van der Waals surface area contributed by atoms with Crippen molar-refractivity contribution in [1.29, 1.82) is 0 Å². The number of nitrogens with one attached hydrogen (secondary N) is 3. The van der Waals surface area contributed by atoms with Gasteiger partial charge in [0.05, 0.1) is 12.8 Å². The van der Waals surface area contributed by atoms with E-state index in [9.17, 15) is 9.59 Å². The molecule has 28 heavy (non-hydrogen) atoms. The Morgan fingerprint density at radius 3 is 2.46 bits per heavy atom. The standard InChI is InChI=1S/C21H22N4O3/c1-14(15-6-4-3-5-7-15)12-20(26)24-25-21(27)19-13-18(22-23-19)16-8-10-17(28-2)11-9-16/h3-11,13-14H,12H2,1-2H3,(H,22,23)(H,24,26)(H,25,27). The SMILES string of the molecule is COc1ccc(-c2cc(C(=O)NNC(=O)CC(C)c3ccccc3)[nH]n2)cc1. The number of carbonyl (C=O) groups excluding carboxylic acids is 2. The highest BCUT2D eigenvalue weighted by atomic mass is 16.5. The van der Waals surface area contributed by atoms with Crippen molar-refractivity contribution in [1.82, 2.24) is 21.0 Å². The lowest BCUT2D eigenvalue weighted by Crippen LogP contribution is -2.42. The van der Waals surface area contributed by atoms with Gasteiger partial charge in [0.2, 0.25) is 5.91 Å². The van der Waals surface area contributed by atoms with Crippen LogP contribution in [0.15, 0.2) is 60.7 Å². The van der Waals surface area contributed by atoms with E-state index < -0.39 is 5.91 Å². The van der Waals surface area contributed by atoms with Crippen LogP contribution in [0.1, 0.15) is 35.3 Å². The molecule has 0 aliphatic carbocycles. The van der Waals surface area contributed by atoms with Gasteiger partial charge in [0.15, 0.2) is 0 Å². The summed E-state index contributed by atoms with van der Waals surface area (Å²) in [6.45, 7) is 1.97. The average molecular weight is 378 g/mol. The molecule has 3 aromatic rings. The van der Waals surface area contributed by atoms with Gasteiger partial charge >= 0.3 is 0 Å². The van der Waals surface area contributed by atoms with E-state index in [2.05, 4.69) is 21.0 Å². The number of H-pyrrole nitrogens is 1. The maximum Gasteiger partial charge on any atom is 0.287 e. The van der Waals surface area contributed by atoms with Crippen LogP contribution in [0, 0.1) is 0 Å². The number of nitrogens with zero attached hydrogens (tertiary/aromatic N) is 1. The van der Waals surface area contributed by atoms with Crippen molar-refractivity contribution in [3.05, 3.63) is 71.9 Å². The predicted octanol–water partition coefficient (Wildman–Crippen LogP) is 3.04. The molecular weight excluding hydrogens is 356 g/mol. The number of ether oxygens (including phenoxy) is 1. The second kappa shape index (κ2) is 8.85. The maximum atomic E-state index is 12.2. The molecule has 0 spiro atoms. The molecule has 1 atom stereocenters. The van der Waals surface area contributed by atoms with Crippen LogP contribution >= 0.6 is 0 Å². The van der Waals surface area contributed by atoms with E-state index in [1.165, 1.54) is 0 Å². The first kappa shape index (κ1) is 19.2. The number of aromatic nitrogens is 2. The van der Waals surface area contributed by atoms with Gasteiger partial charge < -0.3 is 4.74 Å². The van der Waals surface area contributed by atoms with Crippen molar-refractivity contribution in [2.24, 2.45) is 0 Å². The Bertz CT molecular complexity index is 936. The normalized spacial score (nSPS) is 11.5. The highest BCUT2D eigenvalue weighted by Gasteiger charge is 2.14. The van der Waals surface area contributed by atoms with Crippen molar-refractivity contribution >= 4 is 11.8 Å². The van der Waals surface area contributed by atoms with Gasteiger partial charge in [-0.15, -0.1) is 0 Å². The van der Waals surface area contributed by atoms with E-state index in [1.807, 2.05) is 61.5 Å². The van der Waals surface area contributed by atoms with E-state index in [-0.39, 0.29) is 23.9 Å². The molecule has 7 nitrogen and oxygen atoms in total. The second-order valence-electron chi connectivity index (χ2n) is 6.41. The predicted molar refractivity (Wildman–Crippen MR) is 106 cm³/mol. The summed E-state index contributed by atoms with van der Waals surface area (Å²) in [7, 11) is 1.60. The van der Waals surface area contributed by atoms with Crippen LogP contribution in [-0.2, 0) is 4.79 Å². The summed E-state index contributed by atoms with van der Waals surface area (Å²) in [6, 6.07) is 18.7. The van der Waals surface area contributed by atoms with E-state index in [4.69, 9.17) is 4.74 Å². The van der Waals surface area contributed by atoms with Crippen molar-refractivity contribution in [2.45, 2.75) is 19.3 Å². The monoisotopic (exact) mass is 378 g/mol. The van der Waals surface area contributed by atoms with Crippen LogP contribution < -0.4 is 15.6 Å². The summed E-state index contributed by atoms with van der Waals surface area (Å²) >= 11 is 0. The number of amides is 2. The Kier molecular flexibility index (Phi) is 6.06. The Morgan fingerprint density at radius 1 is 1.07 bits per heavy atom. The quantitative estimate of drug-likeness (QED) is 0.575. The molecule has 3 N–H and O–H groups in total. The highest BCUT2D eigenvalue weighted by Crippen LogP contribution is 2.21. The van der Waals surface area contributed by atoms with Crippen LogP contribution in [0.4, 0.5) is 0 Å². The summed E-state index contributed by atoms with van der Waals surface area (Å²) in [6.07, 6.45) is 0.268. The fourth-order valence-corrected chi connectivity index (χ4v) is 2.77. The minimum absolute atomic E-state index is 0.0481. The Balaban J connectivity index is 1.53. The van der Waals surface area contributed by atoms with Crippen LogP contribution in [0.3, 0.4) is 0 Å². The van der Waals surface area contributed by atoms with E-state index in [0.29, 0.717) is 5.69 Å². The molecule has 0 fully saturated rings. The highest BCUT2D eigenvalue weighted by molar-refractivity contribution is 5.94. The van der Waals surface area contributed by atoms with Gasteiger partial charge in [0.25, 0.3) is 5.91 Å². The van der Waals surface area contributed by atoms with Gasteiger partial charge in [0, 0.05) is 12.0 Å². The second-order valence-corrected chi connectivity index (χ2v) is 6.41. The fraction of sp³-hybridized carbons (Fsp3) is 0.190. The zero-order valence-electron chi connectivity index (χ0n) is 15.7. The van der Waals surface area contributed by atoms with Gasteiger partial charge in [0.1, 0.15) is 11.4 Å². The fourth-order valence-electron chi connectivity index (χ4n) is 2.77. The molecule has 0 saturated heterocycles. The number of hydrogen-bond donors (Lipinski definition) is 3. The average Bonchev–Trinajstić information content (AvgIpc) is 3.23. The molecule has 0 saturated carbocycles. The lowest BCUT2D eigenvalue weighted by molar-refractivity contribution is -0.122. The molecule has 3 rings (SSSR count). The molecule has 7 heteroatoms. The Morgan fingerprint density at radius 2 is 1.79 bits per heavy atom. The van der Waals surface area contributed by atoms with Gasteiger partial charge in [-0.1, -0.05) is 37.3 Å². The molecule has 0 aliphatic rings. The van der Waals surface area contributed by atoms with Gasteiger partial charge in [-0.05, 0) is 41.8 Å². The van der Waals surface area contributed by atoms with Crippen molar-refractivity contribution in [2.75, 3.05) is 7.11 Å². The van der Waals surface area contributed by atoms with Crippen molar-refractivity contribution in [3.8, 4) is 17.0 Å². The smallest absolute Gasteiger partial charge is 0.287 e. The van der Waals surface area contributed by atoms with Gasteiger partial charge in [-0.25, -0.2) is 0 Å². The molecule has 1 aromatic heterocycles. The molecule has 0 radical (unpaired) electrons. The lowest BCUT2D eigenvalue weighted by Gasteiger charge is -2.12. The van der Waals surface area contributed by atoms with E-state index in [0.717, 1.165) is 16.9 Å². The zero-order valence-corrected chi connectivity index (χ0v) is 15.7. The third kappa shape index (κ3) is 4.76. The minimum Gasteiger partial charge on any atom is -0.497 e. The Hall–Kier alpha value is -3.61. The van der Waals surface area contributed by atoms with E-state index in [1.54, 1.807) is 13.2 Å². The maximum absolute atomic E-state index is 12.2. The minimum atomic E-state index is -0.465. The number of carbonyl (C=O) groups is 2. The number of benzene rings is 2. The molecule has 2 amide bonds. The van der Waals surface area contributed by atoms with Crippen molar-refractivity contribution in [3.63, 3.8) is 0 Å². The number of hydrazine groups is 1. The molecule has 1 unspecified atom stereocenters. The molecule has 0 bridgehead atoms. The molecule has 144 valence electrons. The number of rotatable bonds is 6.